The Hall–Kier alpha value is -1.56. The largest absolute Gasteiger partial charge is 0.481 e. The lowest BCUT2D eigenvalue weighted by Gasteiger charge is -2.37. The van der Waals surface area contributed by atoms with E-state index < -0.39 is 11.4 Å². The predicted molar refractivity (Wildman–Crippen MR) is 74.8 cm³/mol. The highest BCUT2D eigenvalue weighted by Crippen LogP contribution is 2.40. The van der Waals surface area contributed by atoms with E-state index in [2.05, 4.69) is 21.2 Å². The third-order valence-electron chi connectivity index (χ3n) is 3.61. The van der Waals surface area contributed by atoms with Crippen LogP contribution in [-0.2, 0) is 4.79 Å². The van der Waals surface area contributed by atoms with Crippen molar-refractivity contribution in [2.45, 2.75) is 19.3 Å². The van der Waals surface area contributed by atoms with Crippen molar-refractivity contribution < 1.29 is 14.7 Å². The van der Waals surface area contributed by atoms with Crippen LogP contribution >= 0.6 is 15.9 Å². The zero-order chi connectivity index (χ0) is 14.0. The Labute approximate surface area is 119 Å². The molecular formula is C13H15BrN2O3. The summed E-state index contributed by atoms with van der Waals surface area (Å²) < 4.78 is 0.794. The zero-order valence-corrected chi connectivity index (χ0v) is 11.9. The number of halogens is 1. The Kier molecular flexibility index (Phi) is 3.80. The fourth-order valence-corrected chi connectivity index (χ4v) is 2.53. The number of hydrogen-bond acceptors (Lipinski definition) is 3. The topological polar surface area (TPSA) is 92.4 Å². The molecule has 0 bridgehead atoms. The van der Waals surface area contributed by atoms with Gasteiger partial charge in [-0.2, -0.15) is 0 Å². The van der Waals surface area contributed by atoms with Crippen LogP contribution in [0.4, 0.5) is 5.69 Å². The molecule has 0 saturated heterocycles. The number of carboxylic acids is 1. The second kappa shape index (κ2) is 5.21. The van der Waals surface area contributed by atoms with Gasteiger partial charge in [-0.1, -0.05) is 22.4 Å². The smallest absolute Gasteiger partial charge is 0.311 e. The van der Waals surface area contributed by atoms with Crippen LogP contribution < -0.4 is 11.1 Å². The molecule has 1 aromatic rings. The van der Waals surface area contributed by atoms with Crippen molar-refractivity contribution in [2.75, 3.05) is 12.3 Å². The molecule has 4 N–H and O–H groups in total. The quantitative estimate of drug-likeness (QED) is 0.738. The van der Waals surface area contributed by atoms with Gasteiger partial charge in [-0.15, -0.1) is 0 Å². The molecule has 1 amide bonds. The Morgan fingerprint density at radius 1 is 1.42 bits per heavy atom. The molecule has 2 rings (SSSR count). The van der Waals surface area contributed by atoms with Gasteiger partial charge in [0.1, 0.15) is 0 Å². The van der Waals surface area contributed by atoms with Crippen LogP contribution in [0.15, 0.2) is 22.7 Å². The van der Waals surface area contributed by atoms with Gasteiger partial charge in [0.25, 0.3) is 5.91 Å². The van der Waals surface area contributed by atoms with Crippen LogP contribution in [0.5, 0.6) is 0 Å². The summed E-state index contributed by atoms with van der Waals surface area (Å²) in [5.74, 6) is -1.18. The maximum atomic E-state index is 12.0. The lowest BCUT2D eigenvalue weighted by Crippen LogP contribution is -2.47. The average molecular weight is 327 g/mol. The first-order valence-corrected chi connectivity index (χ1v) is 6.80. The number of nitrogen functional groups attached to an aromatic ring is 1. The fraction of sp³-hybridized carbons (Fsp3) is 0.385. The van der Waals surface area contributed by atoms with Crippen LogP contribution in [0.25, 0.3) is 0 Å². The van der Waals surface area contributed by atoms with E-state index in [0.717, 1.165) is 10.9 Å². The summed E-state index contributed by atoms with van der Waals surface area (Å²) in [6.07, 6.45) is 2.11. The highest BCUT2D eigenvalue weighted by atomic mass is 79.9. The third-order valence-corrected chi connectivity index (χ3v) is 4.10. The summed E-state index contributed by atoms with van der Waals surface area (Å²) in [5.41, 5.74) is 5.70. The molecule has 0 heterocycles. The normalized spacial score (nSPS) is 16.5. The number of nitrogens with two attached hydrogens (primary N) is 1. The summed E-state index contributed by atoms with van der Waals surface area (Å²) in [7, 11) is 0. The molecule has 1 aromatic carbocycles. The molecule has 102 valence electrons. The van der Waals surface area contributed by atoms with E-state index in [1.165, 1.54) is 0 Å². The Balaban J connectivity index is 2.03. The van der Waals surface area contributed by atoms with Gasteiger partial charge in [-0.3, -0.25) is 9.59 Å². The van der Waals surface area contributed by atoms with Crippen molar-refractivity contribution >= 4 is 33.5 Å². The van der Waals surface area contributed by atoms with Crippen LogP contribution in [-0.4, -0.2) is 23.5 Å². The van der Waals surface area contributed by atoms with E-state index >= 15 is 0 Å². The Morgan fingerprint density at radius 3 is 2.58 bits per heavy atom. The summed E-state index contributed by atoms with van der Waals surface area (Å²) >= 11 is 3.27. The summed E-state index contributed by atoms with van der Waals surface area (Å²) in [4.78, 5) is 23.2. The summed E-state index contributed by atoms with van der Waals surface area (Å²) in [5, 5.41) is 11.8. The summed E-state index contributed by atoms with van der Waals surface area (Å²) in [6, 6.07) is 4.98. The minimum absolute atomic E-state index is 0.149. The van der Waals surface area contributed by atoms with Crippen LogP contribution in [0, 0.1) is 5.41 Å². The molecule has 0 aromatic heterocycles. The van der Waals surface area contributed by atoms with E-state index in [9.17, 15) is 14.7 Å². The molecule has 0 aliphatic heterocycles. The Morgan fingerprint density at radius 2 is 2.11 bits per heavy atom. The first kappa shape index (κ1) is 13.9. The van der Waals surface area contributed by atoms with Crippen LogP contribution in [0.1, 0.15) is 29.6 Å². The lowest BCUT2D eigenvalue weighted by molar-refractivity contribution is -0.153. The van der Waals surface area contributed by atoms with Gasteiger partial charge in [0.05, 0.1) is 11.0 Å². The minimum Gasteiger partial charge on any atom is -0.481 e. The number of hydrogen-bond donors (Lipinski definition) is 3. The molecular weight excluding hydrogens is 312 g/mol. The third kappa shape index (κ3) is 2.73. The van der Waals surface area contributed by atoms with Crippen molar-refractivity contribution in [3.8, 4) is 0 Å². The van der Waals surface area contributed by atoms with Gasteiger partial charge in [-0.25, -0.2) is 0 Å². The van der Waals surface area contributed by atoms with Crippen molar-refractivity contribution in [3.05, 3.63) is 28.2 Å². The number of rotatable bonds is 4. The molecule has 0 unspecified atom stereocenters. The summed E-state index contributed by atoms with van der Waals surface area (Å²) in [6.45, 7) is 0.149. The van der Waals surface area contributed by atoms with Gasteiger partial charge in [0.15, 0.2) is 0 Å². The number of aliphatic carboxylic acids is 1. The number of anilines is 1. The molecule has 19 heavy (non-hydrogen) atoms. The molecule has 1 fully saturated rings. The van der Waals surface area contributed by atoms with E-state index in [0.29, 0.717) is 24.1 Å². The second-order valence-electron chi connectivity index (χ2n) is 4.85. The standard InChI is InChI=1S/C13H15BrN2O3/c14-8-2-3-9(10(15)6-8)11(17)16-7-13(12(18)19)4-1-5-13/h2-3,6H,1,4-5,7,15H2,(H,16,17)(H,18,19). The highest BCUT2D eigenvalue weighted by molar-refractivity contribution is 9.10. The fourth-order valence-electron chi connectivity index (χ4n) is 2.15. The predicted octanol–water partition coefficient (Wildman–Crippen LogP) is 2.02. The van der Waals surface area contributed by atoms with Crippen molar-refractivity contribution in [2.24, 2.45) is 5.41 Å². The average Bonchev–Trinajstić information content (AvgIpc) is 2.26. The molecule has 1 aliphatic rings. The van der Waals surface area contributed by atoms with Crippen LogP contribution in [0.2, 0.25) is 0 Å². The van der Waals surface area contributed by atoms with E-state index in [1.807, 2.05) is 0 Å². The first-order chi connectivity index (χ1) is 8.94. The zero-order valence-electron chi connectivity index (χ0n) is 10.3. The molecule has 1 saturated carbocycles. The minimum atomic E-state index is -0.845. The van der Waals surface area contributed by atoms with Gasteiger partial charge in [0.2, 0.25) is 0 Å². The molecule has 1 aliphatic carbocycles. The number of benzene rings is 1. The molecule has 0 radical (unpaired) electrons. The van der Waals surface area contributed by atoms with Gasteiger partial charge in [-0.05, 0) is 31.0 Å². The first-order valence-electron chi connectivity index (χ1n) is 6.01. The van der Waals surface area contributed by atoms with Gasteiger partial charge in [0, 0.05) is 16.7 Å². The van der Waals surface area contributed by atoms with E-state index in [1.54, 1.807) is 18.2 Å². The van der Waals surface area contributed by atoms with Crippen molar-refractivity contribution in [3.63, 3.8) is 0 Å². The molecule has 0 atom stereocenters. The van der Waals surface area contributed by atoms with Crippen LogP contribution in [0.3, 0.4) is 0 Å². The van der Waals surface area contributed by atoms with Crippen molar-refractivity contribution in [1.82, 2.24) is 5.32 Å². The lowest BCUT2D eigenvalue weighted by atomic mass is 9.69. The maximum Gasteiger partial charge on any atom is 0.311 e. The highest BCUT2D eigenvalue weighted by Gasteiger charge is 2.44. The number of nitrogens with one attached hydrogen (secondary N) is 1. The number of carbonyl (C=O) groups is 2. The van der Waals surface area contributed by atoms with E-state index in [4.69, 9.17) is 5.73 Å². The number of carbonyl (C=O) groups excluding carboxylic acids is 1. The number of amides is 1. The molecule has 5 nitrogen and oxygen atoms in total. The van der Waals surface area contributed by atoms with Gasteiger partial charge >= 0.3 is 5.97 Å². The Bertz CT molecular complexity index is 527. The maximum absolute atomic E-state index is 12.0. The van der Waals surface area contributed by atoms with Crippen molar-refractivity contribution in [1.29, 1.82) is 0 Å². The van der Waals surface area contributed by atoms with E-state index in [-0.39, 0.29) is 12.5 Å². The number of carboxylic acid groups (broad SMARTS) is 1. The molecule has 6 heteroatoms. The molecule has 0 spiro atoms. The van der Waals surface area contributed by atoms with Gasteiger partial charge < -0.3 is 16.2 Å². The monoisotopic (exact) mass is 326 g/mol. The SMILES string of the molecule is Nc1cc(Br)ccc1C(=O)NCC1(C(=O)O)CCC1. The second-order valence-corrected chi connectivity index (χ2v) is 5.77.